The summed E-state index contributed by atoms with van der Waals surface area (Å²) in [6.45, 7) is 0.465. The van der Waals surface area contributed by atoms with E-state index in [0.29, 0.717) is 12.3 Å². The van der Waals surface area contributed by atoms with Crippen LogP contribution in [0.2, 0.25) is 0 Å². The zero-order chi connectivity index (χ0) is 12.8. The molecule has 98 valence electrons. The number of nitrogens with one attached hydrogen (secondary N) is 1. The Morgan fingerprint density at radius 3 is 2.56 bits per heavy atom. The Morgan fingerprint density at radius 2 is 1.89 bits per heavy atom. The van der Waals surface area contributed by atoms with Crippen LogP contribution in [-0.2, 0) is 6.18 Å². The predicted molar refractivity (Wildman–Crippen MR) is 61.8 cm³/mol. The molecule has 1 fully saturated rings. The van der Waals surface area contributed by atoms with Gasteiger partial charge >= 0.3 is 6.18 Å². The first kappa shape index (κ1) is 11.7. The number of benzene rings is 1. The third-order valence-corrected chi connectivity index (χ3v) is 3.76. The minimum atomic E-state index is -4.35. The van der Waals surface area contributed by atoms with E-state index < -0.39 is 11.7 Å². The number of alkyl halides is 3. The van der Waals surface area contributed by atoms with Crippen molar-refractivity contribution < 1.29 is 17.9 Å². The maximum Gasteiger partial charge on any atom is 0.418 e. The second-order valence-corrected chi connectivity index (χ2v) is 5.02. The van der Waals surface area contributed by atoms with E-state index in [1.807, 2.05) is 0 Å². The molecule has 1 N–H and O–H groups in total. The SMILES string of the molecule is FC(F)(F)c1cccc2c1NCC1(CCCC1)O2. The molecule has 0 aromatic heterocycles. The molecule has 3 rings (SSSR count). The van der Waals surface area contributed by atoms with E-state index in [0.717, 1.165) is 31.7 Å². The minimum Gasteiger partial charge on any atom is -0.483 e. The molecule has 1 saturated carbocycles. The van der Waals surface area contributed by atoms with Crippen LogP contribution in [0.25, 0.3) is 0 Å². The van der Waals surface area contributed by atoms with Crippen LogP contribution in [0.1, 0.15) is 31.2 Å². The highest BCUT2D eigenvalue weighted by Gasteiger charge is 2.42. The summed E-state index contributed by atoms with van der Waals surface area (Å²) in [5.74, 6) is 0.331. The number of rotatable bonds is 0. The van der Waals surface area contributed by atoms with Crippen LogP contribution in [-0.4, -0.2) is 12.1 Å². The number of hydrogen-bond donors (Lipinski definition) is 1. The zero-order valence-electron chi connectivity index (χ0n) is 9.81. The molecular formula is C13H14F3NO. The lowest BCUT2D eigenvalue weighted by molar-refractivity contribution is -0.137. The van der Waals surface area contributed by atoms with Crippen molar-refractivity contribution in [1.29, 1.82) is 0 Å². The Balaban J connectivity index is 1.98. The predicted octanol–water partition coefficient (Wildman–Crippen LogP) is 3.82. The quantitative estimate of drug-likeness (QED) is 0.762. The molecule has 18 heavy (non-hydrogen) atoms. The number of anilines is 1. The lowest BCUT2D eigenvalue weighted by Crippen LogP contribution is -2.43. The molecular weight excluding hydrogens is 243 g/mol. The Kier molecular flexibility index (Phi) is 2.47. The summed E-state index contributed by atoms with van der Waals surface area (Å²) in [6.07, 6.45) is -0.362. The Bertz CT molecular complexity index is 464. The largest absolute Gasteiger partial charge is 0.483 e. The fourth-order valence-electron chi connectivity index (χ4n) is 2.85. The first-order chi connectivity index (χ1) is 8.50. The summed E-state index contributed by atoms with van der Waals surface area (Å²) < 4.78 is 44.4. The summed E-state index contributed by atoms with van der Waals surface area (Å²) in [4.78, 5) is 0. The number of fused-ring (bicyclic) bond motifs is 1. The number of halogens is 3. The van der Waals surface area contributed by atoms with Crippen LogP contribution in [0.15, 0.2) is 18.2 Å². The van der Waals surface area contributed by atoms with Crippen molar-refractivity contribution in [1.82, 2.24) is 0 Å². The normalized spacial score (nSPS) is 21.3. The Labute approximate surface area is 103 Å². The maximum atomic E-state index is 12.8. The van der Waals surface area contributed by atoms with E-state index in [2.05, 4.69) is 5.32 Å². The standard InChI is InChI=1S/C13H14F3NO/c14-13(15,16)9-4-3-5-10-11(9)17-8-12(18-10)6-1-2-7-12/h3-5,17H,1-2,6-8H2. The molecule has 2 nitrogen and oxygen atoms in total. The van der Waals surface area contributed by atoms with E-state index in [1.165, 1.54) is 6.07 Å². The van der Waals surface area contributed by atoms with Gasteiger partial charge in [0.2, 0.25) is 0 Å². The molecule has 2 aliphatic rings. The van der Waals surface area contributed by atoms with E-state index in [9.17, 15) is 13.2 Å². The molecule has 1 aliphatic heterocycles. The fraction of sp³-hybridized carbons (Fsp3) is 0.538. The molecule has 1 aliphatic carbocycles. The molecule has 0 radical (unpaired) electrons. The van der Waals surface area contributed by atoms with Gasteiger partial charge in [0.15, 0.2) is 0 Å². The fourth-order valence-corrected chi connectivity index (χ4v) is 2.85. The maximum absolute atomic E-state index is 12.8. The lowest BCUT2D eigenvalue weighted by atomic mass is 9.98. The van der Waals surface area contributed by atoms with Gasteiger partial charge in [0.25, 0.3) is 0 Å². The molecule has 1 spiro atoms. The number of ether oxygens (including phenoxy) is 1. The van der Waals surface area contributed by atoms with Crippen molar-refractivity contribution in [3.05, 3.63) is 23.8 Å². The van der Waals surface area contributed by atoms with Gasteiger partial charge in [0.1, 0.15) is 11.4 Å². The zero-order valence-corrected chi connectivity index (χ0v) is 9.81. The first-order valence-corrected chi connectivity index (χ1v) is 6.13. The first-order valence-electron chi connectivity index (χ1n) is 6.13. The summed E-state index contributed by atoms with van der Waals surface area (Å²) >= 11 is 0. The van der Waals surface area contributed by atoms with Gasteiger partial charge < -0.3 is 10.1 Å². The van der Waals surface area contributed by atoms with Crippen LogP contribution in [0.5, 0.6) is 5.75 Å². The second-order valence-electron chi connectivity index (χ2n) is 5.02. The van der Waals surface area contributed by atoms with Crippen molar-refractivity contribution in [2.75, 3.05) is 11.9 Å². The van der Waals surface area contributed by atoms with Crippen molar-refractivity contribution >= 4 is 5.69 Å². The van der Waals surface area contributed by atoms with E-state index in [4.69, 9.17) is 4.74 Å². The molecule has 0 bridgehead atoms. The van der Waals surface area contributed by atoms with Crippen LogP contribution in [0.4, 0.5) is 18.9 Å². The summed E-state index contributed by atoms with van der Waals surface area (Å²) in [7, 11) is 0. The molecule has 0 saturated heterocycles. The second kappa shape index (κ2) is 3.80. The molecule has 1 aromatic carbocycles. The van der Waals surface area contributed by atoms with Crippen LogP contribution < -0.4 is 10.1 Å². The minimum absolute atomic E-state index is 0.0857. The summed E-state index contributed by atoms with van der Waals surface area (Å²) in [5.41, 5.74) is -0.854. The van der Waals surface area contributed by atoms with Crippen LogP contribution >= 0.6 is 0 Å². The van der Waals surface area contributed by atoms with Gasteiger partial charge in [-0.2, -0.15) is 13.2 Å². The lowest BCUT2D eigenvalue weighted by Gasteiger charge is -2.37. The van der Waals surface area contributed by atoms with Crippen LogP contribution in [0, 0.1) is 0 Å². The summed E-state index contributed by atoms with van der Waals surface area (Å²) in [6, 6.07) is 4.09. The molecule has 5 heteroatoms. The highest BCUT2D eigenvalue weighted by Crippen LogP contribution is 2.46. The smallest absolute Gasteiger partial charge is 0.418 e. The van der Waals surface area contributed by atoms with E-state index in [-0.39, 0.29) is 11.3 Å². The third-order valence-electron chi connectivity index (χ3n) is 3.76. The van der Waals surface area contributed by atoms with Crippen molar-refractivity contribution in [3.63, 3.8) is 0 Å². The number of hydrogen-bond acceptors (Lipinski definition) is 2. The Morgan fingerprint density at radius 1 is 1.17 bits per heavy atom. The molecule has 0 amide bonds. The average molecular weight is 257 g/mol. The molecule has 1 aromatic rings. The van der Waals surface area contributed by atoms with Crippen molar-refractivity contribution in [2.24, 2.45) is 0 Å². The van der Waals surface area contributed by atoms with Gasteiger partial charge in [0.05, 0.1) is 17.8 Å². The topological polar surface area (TPSA) is 21.3 Å². The molecule has 0 atom stereocenters. The van der Waals surface area contributed by atoms with Crippen molar-refractivity contribution in [3.8, 4) is 5.75 Å². The van der Waals surface area contributed by atoms with E-state index >= 15 is 0 Å². The third kappa shape index (κ3) is 1.82. The monoisotopic (exact) mass is 257 g/mol. The van der Waals surface area contributed by atoms with E-state index in [1.54, 1.807) is 6.07 Å². The summed E-state index contributed by atoms with van der Waals surface area (Å²) in [5, 5.41) is 2.93. The molecule has 0 unspecified atom stereocenters. The van der Waals surface area contributed by atoms with Gasteiger partial charge in [-0.15, -0.1) is 0 Å². The van der Waals surface area contributed by atoms with Crippen LogP contribution in [0.3, 0.4) is 0 Å². The number of para-hydroxylation sites is 1. The van der Waals surface area contributed by atoms with Crippen molar-refractivity contribution in [2.45, 2.75) is 37.5 Å². The van der Waals surface area contributed by atoms with Gasteiger partial charge in [-0.25, -0.2) is 0 Å². The van der Waals surface area contributed by atoms with Gasteiger partial charge in [-0.3, -0.25) is 0 Å². The Hall–Kier alpha value is -1.39. The highest BCUT2D eigenvalue weighted by atomic mass is 19.4. The van der Waals surface area contributed by atoms with Gasteiger partial charge in [0, 0.05) is 0 Å². The van der Waals surface area contributed by atoms with Gasteiger partial charge in [-0.1, -0.05) is 6.07 Å². The highest BCUT2D eigenvalue weighted by molar-refractivity contribution is 5.65. The average Bonchev–Trinajstić information content (AvgIpc) is 2.75. The molecule has 1 heterocycles. The van der Waals surface area contributed by atoms with Gasteiger partial charge in [-0.05, 0) is 37.8 Å².